The number of carbonyl (C=O) groups excluding carboxylic acids is 1. The summed E-state index contributed by atoms with van der Waals surface area (Å²) in [4.78, 5) is 12.8. The van der Waals surface area contributed by atoms with E-state index >= 15 is 0 Å². The maximum Gasteiger partial charge on any atom is 0.233 e. The minimum Gasteiger partial charge on any atom is -0.392 e. The molecule has 0 aromatic carbocycles. The molecule has 3 N–H and O–H groups in total. The van der Waals surface area contributed by atoms with Gasteiger partial charge in [0.2, 0.25) is 5.91 Å². The first-order chi connectivity index (χ1) is 8.90. The molecule has 1 saturated carbocycles. The lowest BCUT2D eigenvalue weighted by Gasteiger charge is -2.30. The van der Waals surface area contributed by atoms with Crippen molar-refractivity contribution in [3.05, 3.63) is 0 Å². The minimum absolute atomic E-state index is 0.0573. The molecule has 2 unspecified atom stereocenters. The molecule has 0 spiro atoms. The first kappa shape index (κ1) is 16.6. The van der Waals surface area contributed by atoms with E-state index in [1.807, 2.05) is 6.92 Å². The van der Waals surface area contributed by atoms with Crippen molar-refractivity contribution >= 4 is 33.9 Å². The second-order valence-electron chi connectivity index (χ2n) is 5.38. The second-order valence-corrected chi connectivity index (χ2v) is 7.62. The van der Waals surface area contributed by atoms with Crippen molar-refractivity contribution < 1.29 is 9.00 Å². The van der Waals surface area contributed by atoms with Crippen LogP contribution in [0.5, 0.6) is 0 Å². The Hall–Kier alpha value is -0.490. The molecule has 6 heteroatoms. The number of thiocarbonyl (C=S) groups is 1. The summed E-state index contributed by atoms with van der Waals surface area (Å²) in [5.74, 6) is -0.0841. The van der Waals surface area contributed by atoms with Crippen LogP contribution in [0.15, 0.2) is 0 Å². The number of hydrogen-bond donors (Lipinski definition) is 2. The topological polar surface area (TPSA) is 72.2 Å². The molecule has 1 aliphatic carbocycles. The monoisotopic (exact) mass is 304 g/mol. The van der Waals surface area contributed by atoms with Gasteiger partial charge in [-0.15, -0.1) is 0 Å². The van der Waals surface area contributed by atoms with E-state index in [1.54, 1.807) is 6.26 Å². The Labute approximate surface area is 123 Å². The van der Waals surface area contributed by atoms with Gasteiger partial charge in [-0.25, -0.2) is 0 Å². The van der Waals surface area contributed by atoms with E-state index in [4.69, 9.17) is 18.0 Å². The van der Waals surface area contributed by atoms with Crippen molar-refractivity contribution in [1.29, 1.82) is 0 Å². The lowest BCUT2D eigenvalue weighted by atomic mass is 9.79. The Morgan fingerprint density at radius 1 is 1.37 bits per heavy atom. The third-order valence-electron chi connectivity index (χ3n) is 3.98. The lowest BCUT2D eigenvalue weighted by Crippen LogP contribution is -2.50. The van der Waals surface area contributed by atoms with Gasteiger partial charge in [0.1, 0.15) is 0 Å². The fourth-order valence-corrected chi connectivity index (χ4v) is 3.06. The van der Waals surface area contributed by atoms with Gasteiger partial charge >= 0.3 is 0 Å². The van der Waals surface area contributed by atoms with Gasteiger partial charge in [0.25, 0.3) is 0 Å². The lowest BCUT2D eigenvalue weighted by molar-refractivity contribution is -0.128. The molecule has 0 aromatic heterocycles. The number of carbonyl (C=O) groups is 1. The summed E-state index contributed by atoms with van der Waals surface area (Å²) in [5.41, 5.74) is 5.16. The SMILES string of the molecule is CC(CNC(=O)C1(C(N)=S)CCCCCC1)S(C)=O. The number of nitrogens with two attached hydrogens (primary N) is 1. The van der Waals surface area contributed by atoms with E-state index in [-0.39, 0.29) is 11.2 Å². The largest absolute Gasteiger partial charge is 0.392 e. The van der Waals surface area contributed by atoms with Crippen LogP contribution in [-0.4, -0.2) is 33.2 Å². The van der Waals surface area contributed by atoms with Crippen molar-refractivity contribution in [2.24, 2.45) is 11.1 Å². The van der Waals surface area contributed by atoms with Crippen LogP contribution in [0.25, 0.3) is 0 Å². The Morgan fingerprint density at radius 3 is 2.32 bits per heavy atom. The highest BCUT2D eigenvalue weighted by atomic mass is 32.2. The first-order valence-corrected chi connectivity index (χ1v) is 8.83. The normalized spacial score (nSPS) is 22.0. The quantitative estimate of drug-likeness (QED) is 0.596. The average molecular weight is 304 g/mol. The molecule has 19 heavy (non-hydrogen) atoms. The zero-order chi connectivity index (χ0) is 14.5. The Balaban J connectivity index is 2.72. The molecule has 0 aromatic rings. The molecule has 2 atom stereocenters. The molecular weight excluding hydrogens is 280 g/mol. The first-order valence-electron chi connectivity index (χ1n) is 6.80. The van der Waals surface area contributed by atoms with Gasteiger partial charge in [0, 0.05) is 28.9 Å². The van der Waals surface area contributed by atoms with Gasteiger partial charge in [-0.1, -0.05) is 37.9 Å². The highest BCUT2D eigenvalue weighted by Gasteiger charge is 2.41. The molecule has 1 amide bonds. The molecule has 1 fully saturated rings. The highest BCUT2D eigenvalue weighted by Crippen LogP contribution is 2.35. The molecular formula is C13H24N2O2S2. The number of rotatable bonds is 5. The molecule has 0 heterocycles. The zero-order valence-electron chi connectivity index (χ0n) is 11.7. The van der Waals surface area contributed by atoms with Crippen molar-refractivity contribution in [3.8, 4) is 0 Å². The molecule has 0 bridgehead atoms. The van der Waals surface area contributed by atoms with Gasteiger partial charge < -0.3 is 11.1 Å². The molecule has 110 valence electrons. The van der Waals surface area contributed by atoms with Crippen LogP contribution < -0.4 is 11.1 Å². The summed E-state index contributed by atoms with van der Waals surface area (Å²) < 4.78 is 11.3. The molecule has 0 radical (unpaired) electrons. The molecule has 0 saturated heterocycles. The van der Waals surface area contributed by atoms with E-state index in [1.165, 1.54) is 0 Å². The van der Waals surface area contributed by atoms with Crippen molar-refractivity contribution in [1.82, 2.24) is 5.32 Å². The van der Waals surface area contributed by atoms with Crippen LogP contribution in [0.4, 0.5) is 0 Å². The van der Waals surface area contributed by atoms with Gasteiger partial charge in [-0.2, -0.15) is 0 Å². The zero-order valence-corrected chi connectivity index (χ0v) is 13.4. The second kappa shape index (κ2) is 7.33. The summed E-state index contributed by atoms with van der Waals surface area (Å²) in [6, 6.07) is 0. The van der Waals surface area contributed by atoms with E-state index in [0.717, 1.165) is 38.5 Å². The van der Waals surface area contributed by atoms with Crippen LogP contribution in [0, 0.1) is 5.41 Å². The summed E-state index contributed by atoms with van der Waals surface area (Å²) in [6.45, 7) is 2.27. The van der Waals surface area contributed by atoms with E-state index < -0.39 is 16.2 Å². The van der Waals surface area contributed by atoms with Crippen LogP contribution in [-0.2, 0) is 15.6 Å². The highest BCUT2D eigenvalue weighted by molar-refractivity contribution is 7.84. The third-order valence-corrected chi connectivity index (χ3v) is 5.67. The standard InChI is InChI=1S/C13H24N2O2S2/c1-10(19(2)17)9-15-12(16)13(11(14)18)7-5-3-4-6-8-13/h10H,3-9H2,1-2H3,(H2,14,18)(H,15,16). The third kappa shape index (κ3) is 4.24. The fourth-order valence-electron chi connectivity index (χ4n) is 2.44. The Bertz CT molecular complexity index is 364. The fraction of sp³-hybridized carbons (Fsp3) is 0.846. The maximum atomic E-state index is 12.5. The summed E-state index contributed by atoms with van der Waals surface area (Å²) in [5, 5.41) is 2.83. The van der Waals surface area contributed by atoms with E-state index in [0.29, 0.717) is 11.5 Å². The Morgan fingerprint density at radius 2 is 1.89 bits per heavy atom. The minimum atomic E-state index is -0.938. The van der Waals surface area contributed by atoms with Crippen molar-refractivity contribution in [3.63, 3.8) is 0 Å². The van der Waals surface area contributed by atoms with Gasteiger partial charge in [0.05, 0.1) is 10.4 Å². The molecule has 1 rings (SSSR count). The molecule has 0 aliphatic heterocycles. The van der Waals surface area contributed by atoms with Crippen LogP contribution in [0.3, 0.4) is 0 Å². The van der Waals surface area contributed by atoms with E-state index in [2.05, 4.69) is 5.32 Å². The van der Waals surface area contributed by atoms with E-state index in [9.17, 15) is 9.00 Å². The van der Waals surface area contributed by atoms with Gasteiger partial charge in [0.15, 0.2) is 0 Å². The summed E-state index contributed by atoms with van der Waals surface area (Å²) in [6.07, 6.45) is 7.35. The average Bonchev–Trinajstić information content (AvgIpc) is 2.61. The number of nitrogens with one attached hydrogen (secondary N) is 1. The number of hydrogen-bond acceptors (Lipinski definition) is 3. The maximum absolute atomic E-state index is 12.5. The van der Waals surface area contributed by atoms with Crippen LogP contribution >= 0.6 is 12.2 Å². The van der Waals surface area contributed by atoms with Gasteiger partial charge in [-0.3, -0.25) is 9.00 Å². The summed E-state index contributed by atoms with van der Waals surface area (Å²) in [7, 11) is -0.938. The number of amides is 1. The molecule has 1 aliphatic rings. The predicted molar refractivity (Wildman–Crippen MR) is 83.5 cm³/mol. The Kier molecular flexibility index (Phi) is 6.39. The molecule has 4 nitrogen and oxygen atoms in total. The smallest absolute Gasteiger partial charge is 0.233 e. The van der Waals surface area contributed by atoms with Crippen molar-refractivity contribution in [2.75, 3.05) is 12.8 Å². The van der Waals surface area contributed by atoms with Crippen LogP contribution in [0.2, 0.25) is 0 Å². The van der Waals surface area contributed by atoms with Crippen LogP contribution in [0.1, 0.15) is 45.4 Å². The predicted octanol–water partition coefficient (Wildman–Crippen LogP) is 1.50. The van der Waals surface area contributed by atoms with Crippen molar-refractivity contribution in [2.45, 2.75) is 50.7 Å². The summed E-state index contributed by atoms with van der Waals surface area (Å²) >= 11 is 5.15. The van der Waals surface area contributed by atoms with Gasteiger partial charge in [-0.05, 0) is 19.8 Å².